The van der Waals surface area contributed by atoms with E-state index in [-0.39, 0.29) is 34.0 Å². The normalized spacial score (nSPS) is 32.7. The van der Waals surface area contributed by atoms with Crippen LogP contribution in [0.4, 0.5) is 4.79 Å². The van der Waals surface area contributed by atoms with E-state index in [4.69, 9.17) is 10.5 Å². The first kappa shape index (κ1) is 29.8. The minimum absolute atomic E-state index is 0.0353. The Bertz CT molecular complexity index is 1160. The lowest BCUT2D eigenvalue weighted by atomic mass is 9.65. The number of alkyl carbamates (subject to hydrolysis) is 1. The summed E-state index contributed by atoms with van der Waals surface area (Å²) >= 11 is 0. The SMILES string of the molecule is CC(C)(C)OC(=O)N[C@H](C(=O)N1C[C@]23[C@H](CC2(C)C32CCC2)[C@H]1C(=O)NC(CC1CCC1)C(=O)C(N)=O)C(C)(C)C. The Labute approximate surface area is 243 Å². The molecule has 1 saturated heterocycles. The molecule has 4 N–H and O–H groups in total. The molecule has 10 nitrogen and oxygen atoms in total. The fourth-order valence-corrected chi connectivity index (χ4v) is 9.14. The van der Waals surface area contributed by atoms with Gasteiger partial charge in [0, 0.05) is 12.0 Å². The lowest BCUT2D eigenvalue weighted by Gasteiger charge is -2.39. The minimum Gasteiger partial charge on any atom is -0.444 e. The second-order valence-electron chi connectivity index (χ2n) is 15.7. The van der Waals surface area contributed by atoms with Gasteiger partial charge in [0.25, 0.3) is 5.91 Å². The number of nitrogens with two attached hydrogens (primary N) is 1. The number of nitrogens with zero attached hydrogens (tertiary/aromatic N) is 1. The number of hydrogen-bond acceptors (Lipinski definition) is 6. The molecule has 5 aliphatic rings. The number of primary amides is 1. The molecule has 4 amide bonds. The van der Waals surface area contributed by atoms with Crippen LogP contribution < -0.4 is 16.4 Å². The third-order valence-electron chi connectivity index (χ3n) is 11.4. The number of Topliss-reactive ketones (excluding diaryl/α,β-unsaturated/α-hetero) is 1. The number of carbonyl (C=O) groups is 5. The topological polar surface area (TPSA) is 148 Å². The van der Waals surface area contributed by atoms with Crippen LogP contribution in [0, 0.1) is 33.5 Å². The van der Waals surface area contributed by atoms with Crippen molar-refractivity contribution < 1.29 is 28.7 Å². The number of carbonyl (C=O) groups excluding carboxylic acids is 5. The standard InChI is InChI=1S/C31H48N4O6/c1-27(2,3)22(34-26(40)41-28(4,5)6)25(39)35-16-31-18(15-29(31,7)30(31)12-9-13-30)20(35)24(38)33-19(21(36)23(32)37)14-17-10-8-11-17/h17-20,22H,8-16H2,1-7H3,(H2,32,37)(H,33,38)(H,34,40)/t18-,19?,20+,22-,29?,31+/m1/s1. The quantitative estimate of drug-likeness (QED) is 0.381. The van der Waals surface area contributed by atoms with Crippen molar-refractivity contribution in [1.82, 2.24) is 15.5 Å². The predicted molar refractivity (Wildman–Crippen MR) is 151 cm³/mol. The van der Waals surface area contributed by atoms with Crippen molar-refractivity contribution in [3.63, 3.8) is 0 Å². The van der Waals surface area contributed by atoms with Gasteiger partial charge in [-0.05, 0) is 74.5 Å². The van der Waals surface area contributed by atoms with E-state index in [2.05, 4.69) is 17.6 Å². The molecular weight excluding hydrogens is 524 g/mol. The van der Waals surface area contributed by atoms with E-state index in [0.29, 0.717) is 13.0 Å². The summed E-state index contributed by atoms with van der Waals surface area (Å²) in [5, 5.41) is 5.67. The highest BCUT2D eigenvalue weighted by Crippen LogP contribution is 2.98. The van der Waals surface area contributed by atoms with Crippen molar-refractivity contribution in [2.75, 3.05) is 6.54 Å². The van der Waals surface area contributed by atoms with Gasteiger partial charge in [-0.3, -0.25) is 19.2 Å². The fraction of sp³-hybridized carbons (Fsp3) is 0.839. The first-order chi connectivity index (χ1) is 18.9. The highest BCUT2D eigenvalue weighted by molar-refractivity contribution is 6.37. The van der Waals surface area contributed by atoms with E-state index in [9.17, 15) is 24.0 Å². The molecule has 41 heavy (non-hydrogen) atoms. The number of ether oxygens (including phenoxy) is 1. The summed E-state index contributed by atoms with van der Waals surface area (Å²) in [7, 11) is 0. The third kappa shape index (κ3) is 4.37. The van der Waals surface area contributed by atoms with E-state index in [1.54, 1.807) is 25.7 Å². The second kappa shape index (κ2) is 9.43. The zero-order valence-corrected chi connectivity index (χ0v) is 25.7. The van der Waals surface area contributed by atoms with Crippen LogP contribution in [0.2, 0.25) is 0 Å². The zero-order chi connectivity index (χ0) is 30.3. The van der Waals surface area contributed by atoms with Crippen molar-refractivity contribution in [2.45, 2.75) is 124 Å². The van der Waals surface area contributed by atoms with Gasteiger partial charge in [0.1, 0.15) is 17.7 Å². The summed E-state index contributed by atoms with van der Waals surface area (Å²) in [6, 6.07) is -2.72. The Morgan fingerprint density at radius 1 is 1.00 bits per heavy atom. The monoisotopic (exact) mass is 572 g/mol. The maximum Gasteiger partial charge on any atom is 0.408 e. The molecule has 2 unspecified atom stereocenters. The van der Waals surface area contributed by atoms with Gasteiger partial charge in [-0.1, -0.05) is 53.4 Å². The van der Waals surface area contributed by atoms with Crippen molar-refractivity contribution in [3.8, 4) is 0 Å². The molecule has 0 aromatic carbocycles. The maximum atomic E-state index is 14.4. The molecule has 0 bridgehead atoms. The molecule has 228 valence electrons. The molecule has 0 radical (unpaired) electrons. The number of fused-ring (bicyclic) bond motifs is 1. The largest absolute Gasteiger partial charge is 0.444 e. The number of ketones is 1. The molecule has 5 fully saturated rings. The van der Waals surface area contributed by atoms with Crippen LogP contribution in [0.3, 0.4) is 0 Å². The first-order valence-electron chi connectivity index (χ1n) is 15.3. The summed E-state index contributed by atoms with van der Waals surface area (Å²) < 4.78 is 5.48. The van der Waals surface area contributed by atoms with Crippen LogP contribution in [-0.4, -0.2) is 64.8 Å². The number of hydrogen-bond donors (Lipinski definition) is 3. The van der Waals surface area contributed by atoms with Crippen LogP contribution >= 0.6 is 0 Å². The average Bonchev–Trinajstić information content (AvgIpc) is 2.97. The highest BCUT2D eigenvalue weighted by atomic mass is 16.6. The molecule has 1 heterocycles. The molecule has 1 aliphatic heterocycles. The summed E-state index contributed by atoms with van der Waals surface area (Å²) in [4.78, 5) is 67.7. The lowest BCUT2D eigenvalue weighted by molar-refractivity contribution is -0.144. The van der Waals surface area contributed by atoms with E-state index in [1.807, 2.05) is 20.8 Å². The number of rotatable bonds is 8. The molecule has 0 aromatic rings. The summed E-state index contributed by atoms with van der Waals surface area (Å²) in [5.41, 5.74) is 4.05. The average molecular weight is 573 g/mol. The van der Waals surface area contributed by atoms with Crippen molar-refractivity contribution >= 4 is 29.6 Å². The molecule has 4 saturated carbocycles. The van der Waals surface area contributed by atoms with E-state index in [1.165, 1.54) is 0 Å². The van der Waals surface area contributed by atoms with Gasteiger partial charge in [0.2, 0.25) is 17.6 Å². The molecule has 4 aliphatic carbocycles. The van der Waals surface area contributed by atoms with Crippen LogP contribution in [0.25, 0.3) is 0 Å². The van der Waals surface area contributed by atoms with E-state index >= 15 is 0 Å². The smallest absolute Gasteiger partial charge is 0.408 e. The number of nitrogens with one attached hydrogen (secondary N) is 2. The van der Waals surface area contributed by atoms with Gasteiger partial charge in [0.15, 0.2) is 0 Å². The van der Waals surface area contributed by atoms with Crippen LogP contribution in [0.1, 0.15) is 99.8 Å². The summed E-state index contributed by atoms with van der Waals surface area (Å²) in [6.45, 7) is 13.7. The van der Waals surface area contributed by atoms with Crippen LogP contribution in [0.15, 0.2) is 0 Å². The van der Waals surface area contributed by atoms with Crippen molar-refractivity contribution in [2.24, 2.45) is 39.2 Å². The molecule has 10 heteroatoms. The minimum atomic E-state index is -1.06. The fourth-order valence-electron chi connectivity index (χ4n) is 9.14. The maximum absolute atomic E-state index is 14.4. The second-order valence-corrected chi connectivity index (χ2v) is 15.7. The van der Waals surface area contributed by atoms with E-state index < -0.39 is 52.8 Å². The Morgan fingerprint density at radius 2 is 1.63 bits per heavy atom. The molecule has 0 aromatic heterocycles. The van der Waals surface area contributed by atoms with Gasteiger partial charge < -0.3 is 26.0 Å². The Morgan fingerprint density at radius 3 is 2.07 bits per heavy atom. The van der Waals surface area contributed by atoms with Gasteiger partial charge >= 0.3 is 6.09 Å². The Kier molecular flexibility index (Phi) is 6.86. The number of likely N-dealkylation sites (tertiary alicyclic amines) is 1. The zero-order valence-electron chi connectivity index (χ0n) is 25.7. The van der Waals surface area contributed by atoms with E-state index in [0.717, 1.165) is 44.9 Å². The van der Waals surface area contributed by atoms with Gasteiger partial charge in [-0.25, -0.2) is 4.79 Å². The molecule has 5 rings (SSSR count). The molecule has 2 spiro atoms. The van der Waals surface area contributed by atoms with Crippen LogP contribution in [0.5, 0.6) is 0 Å². The summed E-state index contributed by atoms with van der Waals surface area (Å²) in [5.74, 6) is -2.37. The summed E-state index contributed by atoms with van der Waals surface area (Å²) in [6.07, 6.45) is 6.82. The first-order valence-corrected chi connectivity index (χ1v) is 15.3. The number of amides is 4. The third-order valence-corrected chi connectivity index (χ3v) is 11.4. The van der Waals surface area contributed by atoms with Gasteiger partial charge in [-0.15, -0.1) is 0 Å². The van der Waals surface area contributed by atoms with Gasteiger partial charge in [0.05, 0.1) is 6.04 Å². The highest BCUT2D eigenvalue weighted by Gasteiger charge is 2.96. The Balaban J connectivity index is 1.44. The molecule has 6 atom stereocenters. The van der Waals surface area contributed by atoms with Gasteiger partial charge in [-0.2, -0.15) is 0 Å². The van der Waals surface area contributed by atoms with Crippen molar-refractivity contribution in [1.29, 1.82) is 0 Å². The van der Waals surface area contributed by atoms with Crippen molar-refractivity contribution in [3.05, 3.63) is 0 Å². The molecular formula is C31H48N4O6. The van der Waals surface area contributed by atoms with Crippen LogP contribution in [-0.2, 0) is 23.9 Å². The Hall–Kier alpha value is -2.65. The predicted octanol–water partition coefficient (Wildman–Crippen LogP) is 3.06. The lowest BCUT2D eigenvalue weighted by Crippen LogP contribution is -2.60.